The fraction of sp³-hybridized carbons (Fsp3) is 0.464. The smallest absolute Gasteiger partial charge is 0.269 e. The maximum absolute atomic E-state index is 14.6. The molecule has 1 aliphatic heterocycles. The average molecular weight is 580 g/mol. The van der Waals surface area contributed by atoms with Crippen LogP contribution in [0, 0.1) is 0 Å². The molecule has 220 valence electrons. The number of hydrogen-bond acceptors (Lipinski definition) is 9. The molecule has 6 heterocycles. The lowest BCUT2D eigenvalue weighted by atomic mass is 9.91. The molecule has 0 radical (unpaired) electrons. The number of aryl methyl sites for hydroxylation is 1. The van der Waals surface area contributed by atoms with Gasteiger partial charge in [0.25, 0.3) is 6.43 Å². The van der Waals surface area contributed by atoms with E-state index in [1.165, 1.54) is 17.0 Å². The highest BCUT2D eigenvalue weighted by atomic mass is 19.3. The maximum Gasteiger partial charge on any atom is 0.269 e. The van der Waals surface area contributed by atoms with Crippen LogP contribution < -0.4 is 10.1 Å². The molecule has 5 aromatic heterocycles. The van der Waals surface area contributed by atoms with Crippen molar-refractivity contribution in [3.05, 3.63) is 47.9 Å². The number of rotatable bonds is 7. The van der Waals surface area contributed by atoms with Crippen molar-refractivity contribution in [1.82, 2.24) is 38.7 Å². The van der Waals surface area contributed by atoms with Crippen LogP contribution in [0.5, 0.6) is 11.5 Å². The van der Waals surface area contributed by atoms with E-state index in [4.69, 9.17) is 14.6 Å². The summed E-state index contributed by atoms with van der Waals surface area (Å²) in [4.78, 5) is 17.7. The van der Waals surface area contributed by atoms with Crippen LogP contribution in [0.15, 0.2) is 30.9 Å². The van der Waals surface area contributed by atoms with Gasteiger partial charge in [0.2, 0.25) is 5.95 Å². The van der Waals surface area contributed by atoms with Crippen molar-refractivity contribution in [3.63, 3.8) is 0 Å². The molecule has 42 heavy (non-hydrogen) atoms. The van der Waals surface area contributed by atoms with Gasteiger partial charge in [-0.15, -0.1) is 0 Å². The molecule has 2 atom stereocenters. The van der Waals surface area contributed by atoms with Crippen molar-refractivity contribution in [3.8, 4) is 11.5 Å². The number of ether oxygens (including phenoxy) is 2. The number of pyridine rings is 1. The van der Waals surface area contributed by atoms with Crippen LogP contribution in [0.25, 0.3) is 16.8 Å². The number of anilines is 2. The highest BCUT2D eigenvalue weighted by Gasteiger charge is 2.34. The van der Waals surface area contributed by atoms with Crippen LogP contribution in [-0.2, 0) is 17.2 Å². The van der Waals surface area contributed by atoms with Crippen molar-refractivity contribution < 1.29 is 23.4 Å². The van der Waals surface area contributed by atoms with Crippen LogP contribution in [0.2, 0.25) is 0 Å². The number of nitrogens with zero attached hydrogens (tertiary/aromatic N) is 8. The molecule has 1 saturated carbocycles. The van der Waals surface area contributed by atoms with Crippen LogP contribution in [0.1, 0.15) is 69.1 Å². The second-order valence-corrected chi connectivity index (χ2v) is 11.9. The predicted molar refractivity (Wildman–Crippen MR) is 149 cm³/mol. The maximum atomic E-state index is 14.6. The van der Waals surface area contributed by atoms with Gasteiger partial charge in [0.1, 0.15) is 23.5 Å². The van der Waals surface area contributed by atoms with Crippen molar-refractivity contribution in [2.75, 3.05) is 18.5 Å². The van der Waals surface area contributed by atoms with Gasteiger partial charge in [0, 0.05) is 30.1 Å². The Balaban J connectivity index is 1.24. The summed E-state index contributed by atoms with van der Waals surface area (Å²) in [5, 5.41) is 18.3. The fourth-order valence-electron chi connectivity index (χ4n) is 5.44. The van der Waals surface area contributed by atoms with E-state index in [0.29, 0.717) is 29.7 Å². The summed E-state index contributed by atoms with van der Waals surface area (Å²) < 4.78 is 45.7. The average Bonchev–Trinajstić information content (AvgIpc) is 3.22. The third-order valence-electron chi connectivity index (χ3n) is 7.76. The Morgan fingerprint density at radius 2 is 1.93 bits per heavy atom. The zero-order chi connectivity index (χ0) is 29.3. The van der Waals surface area contributed by atoms with E-state index in [-0.39, 0.29) is 46.5 Å². The number of aliphatic hydroxyl groups is 1. The van der Waals surface area contributed by atoms with E-state index in [1.54, 1.807) is 24.1 Å². The minimum absolute atomic E-state index is 0.0872. The lowest BCUT2D eigenvalue weighted by Gasteiger charge is -2.24. The van der Waals surface area contributed by atoms with Crippen LogP contribution in [-0.4, -0.2) is 63.1 Å². The first-order valence-corrected chi connectivity index (χ1v) is 13.9. The Morgan fingerprint density at radius 1 is 1.12 bits per heavy atom. The SMILES string of the molecule is Cn1c(Nc2cc(C(C)(C)C)n([C@@H]3COC[C@@H]3O)n2)nc2ncc(Oc3cnc4cnc(C5CC5)n4c3)c(C(F)F)c21. The lowest BCUT2D eigenvalue weighted by molar-refractivity contribution is 0.117. The van der Waals surface area contributed by atoms with E-state index in [0.717, 1.165) is 24.4 Å². The number of nitrogens with one attached hydrogen (secondary N) is 1. The topological polar surface area (TPSA) is 129 Å². The molecule has 0 unspecified atom stereocenters. The first kappa shape index (κ1) is 26.7. The standard InChI is InChI=1S/C28H31F2N9O3/c1-28(2,3)19-7-20(36-39(19)16-12-41-13-17(16)40)34-27-35-25-23(37(27)4)22(24(29)30)18(9-32-25)42-15-8-31-21-10-33-26(14-5-6-14)38(21)11-15/h7-11,14,16-17,24,40H,5-6,12-13H2,1-4H3,(H,32,34,35,36)/t16-,17+/m1/s1. The molecule has 0 aromatic carbocycles. The summed E-state index contributed by atoms with van der Waals surface area (Å²) in [7, 11) is 1.63. The second kappa shape index (κ2) is 9.70. The molecular formula is C28H31F2N9O3. The number of halogens is 2. The minimum Gasteiger partial charge on any atom is -0.452 e. The first-order valence-electron chi connectivity index (χ1n) is 13.9. The largest absolute Gasteiger partial charge is 0.452 e. The molecule has 7 rings (SSSR count). The van der Waals surface area contributed by atoms with Crippen molar-refractivity contribution in [2.24, 2.45) is 7.05 Å². The van der Waals surface area contributed by atoms with Gasteiger partial charge < -0.3 is 24.5 Å². The third kappa shape index (κ3) is 4.54. The zero-order valence-electron chi connectivity index (χ0n) is 23.6. The van der Waals surface area contributed by atoms with Gasteiger partial charge in [-0.25, -0.2) is 23.7 Å². The number of fused-ring (bicyclic) bond motifs is 2. The molecule has 14 heteroatoms. The quantitative estimate of drug-likeness (QED) is 0.280. The van der Waals surface area contributed by atoms with E-state index in [2.05, 4.69) is 46.0 Å². The molecule has 0 spiro atoms. The van der Waals surface area contributed by atoms with Crippen LogP contribution in [0.4, 0.5) is 20.5 Å². The Labute approximate surface area is 239 Å². The number of hydrogen-bond donors (Lipinski definition) is 2. The molecule has 0 bridgehead atoms. The summed E-state index contributed by atoms with van der Waals surface area (Å²) in [5.41, 5.74) is 1.21. The molecule has 1 saturated heterocycles. The van der Waals surface area contributed by atoms with Crippen LogP contribution in [0.3, 0.4) is 0 Å². The van der Waals surface area contributed by atoms with Gasteiger partial charge in [0.05, 0.1) is 43.6 Å². The highest BCUT2D eigenvalue weighted by molar-refractivity contribution is 5.81. The predicted octanol–water partition coefficient (Wildman–Crippen LogP) is 4.79. The van der Waals surface area contributed by atoms with E-state index < -0.39 is 12.5 Å². The normalized spacial score (nSPS) is 19.4. The minimum atomic E-state index is -2.86. The number of aliphatic hydroxyl groups excluding tert-OH is 1. The summed E-state index contributed by atoms with van der Waals surface area (Å²) in [6.45, 7) is 6.73. The summed E-state index contributed by atoms with van der Waals surface area (Å²) in [5.74, 6) is 2.21. The number of imidazole rings is 2. The van der Waals surface area contributed by atoms with E-state index in [9.17, 15) is 13.9 Å². The van der Waals surface area contributed by atoms with E-state index >= 15 is 0 Å². The summed E-state index contributed by atoms with van der Waals surface area (Å²) >= 11 is 0. The van der Waals surface area contributed by atoms with Gasteiger partial charge in [-0.1, -0.05) is 20.8 Å². The second-order valence-electron chi connectivity index (χ2n) is 11.9. The Morgan fingerprint density at radius 3 is 2.62 bits per heavy atom. The summed E-state index contributed by atoms with van der Waals surface area (Å²) in [6, 6.07) is 1.54. The van der Waals surface area contributed by atoms with Crippen LogP contribution >= 0.6 is 0 Å². The Bertz CT molecular complexity index is 1800. The Hall–Kier alpha value is -4.17. The molecule has 1 aliphatic carbocycles. The molecule has 2 fully saturated rings. The molecule has 2 N–H and O–H groups in total. The number of alkyl halides is 2. The van der Waals surface area contributed by atoms with Gasteiger partial charge in [0.15, 0.2) is 28.6 Å². The lowest BCUT2D eigenvalue weighted by Crippen LogP contribution is -2.28. The zero-order valence-corrected chi connectivity index (χ0v) is 23.6. The van der Waals surface area contributed by atoms with Crippen molar-refractivity contribution in [1.29, 1.82) is 0 Å². The monoisotopic (exact) mass is 579 g/mol. The fourth-order valence-corrected chi connectivity index (χ4v) is 5.44. The van der Waals surface area contributed by atoms with Gasteiger partial charge in [-0.05, 0) is 12.8 Å². The third-order valence-corrected chi connectivity index (χ3v) is 7.76. The molecule has 5 aromatic rings. The van der Waals surface area contributed by atoms with Crippen molar-refractivity contribution in [2.45, 2.75) is 63.5 Å². The first-order chi connectivity index (χ1) is 20.1. The van der Waals surface area contributed by atoms with Gasteiger partial charge in [-0.3, -0.25) is 9.08 Å². The molecule has 12 nitrogen and oxygen atoms in total. The van der Waals surface area contributed by atoms with Crippen molar-refractivity contribution >= 4 is 28.6 Å². The van der Waals surface area contributed by atoms with E-state index in [1.807, 2.05) is 10.5 Å². The molecular weight excluding hydrogens is 548 g/mol. The highest BCUT2D eigenvalue weighted by Crippen LogP contribution is 2.41. The van der Waals surface area contributed by atoms with Gasteiger partial charge in [-0.2, -0.15) is 10.1 Å². The molecule has 2 aliphatic rings. The van der Waals surface area contributed by atoms with Gasteiger partial charge >= 0.3 is 0 Å². The Kier molecular flexibility index (Phi) is 6.17. The molecule has 0 amide bonds. The number of aromatic nitrogens is 8. The summed E-state index contributed by atoms with van der Waals surface area (Å²) in [6.07, 6.45) is 4.72.